The molecule has 0 aliphatic heterocycles. The van der Waals surface area contributed by atoms with Gasteiger partial charge in [0.25, 0.3) is 0 Å². The van der Waals surface area contributed by atoms with Crippen molar-refractivity contribution in [2.45, 2.75) is 0 Å². The minimum atomic E-state index is 0.672. The largest absolute Gasteiger partial charge is 0.399 e. The minimum Gasteiger partial charge on any atom is -0.399 e. The van der Waals surface area contributed by atoms with Gasteiger partial charge >= 0.3 is 0 Å². The normalized spacial score (nSPS) is 10.1. The van der Waals surface area contributed by atoms with E-state index in [9.17, 15) is 0 Å². The first kappa shape index (κ1) is 11.3. The summed E-state index contributed by atoms with van der Waals surface area (Å²) < 4.78 is 0.975. The van der Waals surface area contributed by atoms with Crippen LogP contribution in [0.4, 0.5) is 17.1 Å². The van der Waals surface area contributed by atoms with Crippen LogP contribution in [0.25, 0.3) is 0 Å². The molecular formula is C12H10BrClN2. The number of anilines is 3. The van der Waals surface area contributed by atoms with Crippen molar-refractivity contribution in [1.82, 2.24) is 0 Å². The minimum absolute atomic E-state index is 0.672. The van der Waals surface area contributed by atoms with Crippen LogP contribution in [-0.2, 0) is 0 Å². The number of nitrogens with two attached hydrogens (primary N) is 1. The number of rotatable bonds is 2. The maximum absolute atomic E-state index is 6.07. The summed E-state index contributed by atoms with van der Waals surface area (Å²) >= 11 is 9.47. The molecule has 4 heteroatoms. The lowest BCUT2D eigenvalue weighted by Crippen LogP contribution is -1.92. The van der Waals surface area contributed by atoms with Gasteiger partial charge in [0.2, 0.25) is 0 Å². The summed E-state index contributed by atoms with van der Waals surface area (Å²) in [5.74, 6) is 0. The second-order valence-electron chi connectivity index (χ2n) is 3.37. The second kappa shape index (κ2) is 4.76. The van der Waals surface area contributed by atoms with Crippen LogP contribution in [0.15, 0.2) is 46.9 Å². The van der Waals surface area contributed by atoms with Crippen molar-refractivity contribution >= 4 is 44.6 Å². The summed E-state index contributed by atoms with van der Waals surface area (Å²) in [5.41, 5.74) is 8.18. The fraction of sp³-hybridized carbons (Fsp3) is 0. The van der Waals surface area contributed by atoms with Gasteiger partial charge in [-0.1, -0.05) is 33.6 Å². The maximum Gasteiger partial charge on any atom is 0.0641 e. The summed E-state index contributed by atoms with van der Waals surface area (Å²) in [4.78, 5) is 0. The molecule has 0 heterocycles. The lowest BCUT2D eigenvalue weighted by molar-refractivity contribution is 1.53. The average Bonchev–Trinajstić information content (AvgIpc) is 2.24. The first-order chi connectivity index (χ1) is 7.65. The molecule has 0 spiro atoms. The fourth-order valence-corrected chi connectivity index (χ4v) is 1.89. The maximum atomic E-state index is 6.07. The van der Waals surface area contributed by atoms with Crippen LogP contribution in [-0.4, -0.2) is 0 Å². The Morgan fingerprint density at radius 3 is 2.69 bits per heavy atom. The SMILES string of the molecule is Nc1cccc(Nc2cc(Br)ccc2Cl)c1. The van der Waals surface area contributed by atoms with Crippen LogP contribution in [0.3, 0.4) is 0 Å². The van der Waals surface area contributed by atoms with Crippen molar-refractivity contribution < 1.29 is 0 Å². The molecule has 2 nitrogen and oxygen atoms in total. The van der Waals surface area contributed by atoms with Crippen molar-refractivity contribution in [1.29, 1.82) is 0 Å². The number of nitrogen functional groups attached to an aromatic ring is 1. The van der Waals surface area contributed by atoms with Gasteiger partial charge in [-0.15, -0.1) is 0 Å². The van der Waals surface area contributed by atoms with Crippen LogP contribution in [0.1, 0.15) is 0 Å². The monoisotopic (exact) mass is 296 g/mol. The predicted molar refractivity (Wildman–Crippen MR) is 73.3 cm³/mol. The zero-order valence-electron chi connectivity index (χ0n) is 8.37. The van der Waals surface area contributed by atoms with Crippen molar-refractivity contribution in [2.75, 3.05) is 11.1 Å². The Hall–Kier alpha value is -1.19. The molecule has 0 aliphatic carbocycles. The number of halogens is 2. The summed E-state index contributed by atoms with van der Waals surface area (Å²) in [6, 6.07) is 13.2. The molecule has 3 N–H and O–H groups in total. The molecule has 0 fully saturated rings. The van der Waals surface area contributed by atoms with Gasteiger partial charge < -0.3 is 11.1 Å². The molecule has 2 rings (SSSR count). The highest BCUT2D eigenvalue weighted by atomic mass is 79.9. The Kier molecular flexibility index (Phi) is 3.36. The molecule has 82 valence electrons. The molecule has 0 radical (unpaired) electrons. The molecule has 0 saturated carbocycles. The second-order valence-corrected chi connectivity index (χ2v) is 4.70. The third-order valence-corrected chi connectivity index (χ3v) is 2.92. The summed E-state index contributed by atoms with van der Waals surface area (Å²) in [7, 11) is 0. The van der Waals surface area contributed by atoms with E-state index in [1.165, 1.54) is 0 Å². The topological polar surface area (TPSA) is 38.0 Å². The predicted octanol–water partition coefficient (Wildman–Crippen LogP) is 4.43. The average molecular weight is 298 g/mol. The molecule has 0 unspecified atom stereocenters. The van der Waals surface area contributed by atoms with Crippen LogP contribution >= 0.6 is 27.5 Å². The van der Waals surface area contributed by atoms with E-state index >= 15 is 0 Å². The molecule has 2 aromatic rings. The summed E-state index contributed by atoms with van der Waals surface area (Å²) in [6.45, 7) is 0. The Morgan fingerprint density at radius 1 is 1.12 bits per heavy atom. The van der Waals surface area contributed by atoms with Crippen LogP contribution in [0.5, 0.6) is 0 Å². The smallest absolute Gasteiger partial charge is 0.0641 e. The van der Waals surface area contributed by atoms with E-state index in [4.69, 9.17) is 17.3 Å². The van der Waals surface area contributed by atoms with Crippen LogP contribution in [0, 0.1) is 0 Å². The van der Waals surface area contributed by atoms with Crippen LogP contribution < -0.4 is 11.1 Å². The van der Waals surface area contributed by atoms with Gasteiger partial charge in [-0.05, 0) is 36.4 Å². The molecule has 0 bridgehead atoms. The third-order valence-electron chi connectivity index (χ3n) is 2.09. The van der Waals surface area contributed by atoms with E-state index in [-0.39, 0.29) is 0 Å². The Balaban J connectivity index is 2.30. The number of hydrogen-bond acceptors (Lipinski definition) is 2. The van der Waals surface area contributed by atoms with E-state index in [2.05, 4.69) is 21.2 Å². The van der Waals surface area contributed by atoms with Gasteiger partial charge in [-0.25, -0.2) is 0 Å². The van der Waals surface area contributed by atoms with Crippen molar-refractivity contribution in [3.8, 4) is 0 Å². The van der Waals surface area contributed by atoms with Gasteiger partial charge in [0.1, 0.15) is 0 Å². The molecule has 0 aromatic heterocycles. The highest BCUT2D eigenvalue weighted by Crippen LogP contribution is 2.28. The lowest BCUT2D eigenvalue weighted by Gasteiger charge is -2.09. The summed E-state index contributed by atoms with van der Waals surface area (Å²) in [5, 5.41) is 3.88. The van der Waals surface area contributed by atoms with E-state index in [0.29, 0.717) is 5.02 Å². The first-order valence-corrected chi connectivity index (χ1v) is 5.90. The van der Waals surface area contributed by atoms with Crippen molar-refractivity contribution in [3.63, 3.8) is 0 Å². The van der Waals surface area contributed by atoms with E-state index < -0.39 is 0 Å². The zero-order chi connectivity index (χ0) is 11.5. The standard InChI is InChI=1S/C12H10BrClN2/c13-8-4-5-11(14)12(6-8)16-10-3-1-2-9(15)7-10/h1-7,16H,15H2. The number of nitrogens with one attached hydrogen (secondary N) is 1. The van der Waals surface area contributed by atoms with E-state index in [1.807, 2.05) is 42.5 Å². The Labute approximate surface area is 108 Å². The van der Waals surface area contributed by atoms with Crippen molar-refractivity contribution in [2.24, 2.45) is 0 Å². The molecule has 0 aliphatic rings. The molecule has 2 aromatic carbocycles. The van der Waals surface area contributed by atoms with E-state index in [0.717, 1.165) is 21.5 Å². The molecule has 0 saturated heterocycles. The highest BCUT2D eigenvalue weighted by molar-refractivity contribution is 9.10. The van der Waals surface area contributed by atoms with Gasteiger partial charge in [0.05, 0.1) is 10.7 Å². The van der Waals surface area contributed by atoms with Gasteiger partial charge in [0.15, 0.2) is 0 Å². The number of hydrogen-bond donors (Lipinski definition) is 2. The molecule has 16 heavy (non-hydrogen) atoms. The Morgan fingerprint density at radius 2 is 1.94 bits per heavy atom. The third kappa shape index (κ3) is 2.68. The van der Waals surface area contributed by atoms with Crippen molar-refractivity contribution in [3.05, 3.63) is 52.0 Å². The lowest BCUT2D eigenvalue weighted by atomic mass is 10.2. The van der Waals surface area contributed by atoms with E-state index in [1.54, 1.807) is 0 Å². The molecule has 0 amide bonds. The zero-order valence-corrected chi connectivity index (χ0v) is 10.7. The molecular weight excluding hydrogens is 288 g/mol. The quantitative estimate of drug-likeness (QED) is 0.805. The van der Waals surface area contributed by atoms with Crippen LogP contribution in [0.2, 0.25) is 5.02 Å². The van der Waals surface area contributed by atoms with Gasteiger partial charge in [-0.3, -0.25) is 0 Å². The highest BCUT2D eigenvalue weighted by Gasteiger charge is 2.01. The molecule has 0 atom stereocenters. The van der Waals surface area contributed by atoms with Gasteiger partial charge in [-0.2, -0.15) is 0 Å². The fourth-order valence-electron chi connectivity index (χ4n) is 1.37. The van der Waals surface area contributed by atoms with Gasteiger partial charge in [0, 0.05) is 15.8 Å². The number of benzene rings is 2. The summed E-state index contributed by atoms with van der Waals surface area (Å²) in [6.07, 6.45) is 0. The first-order valence-electron chi connectivity index (χ1n) is 4.73. The Bertz CT molecular complexity index is 514.